The first-order valence-electron chi connectivity index (χ1n) is 4.49. The summed E-state index contributed by atoms with van der Waals surface area (Å²) < 4.78 is 0. The topological polar surface area (TPSA) is 58.3 Å². The summed E-state index contributed by atoms with van der Waals surface area (Å²) in [5.74, 6) is 0. The van der Waals surface area contributed by atoms with E-state index in [1.807, 2.05) is 32.0 Å². The van der Waals surface area contributed by atoms with Crippen molar-refractivity contribution < 1.29 is 5.11 Å². The second-order valence-corrected chi connectivity index (χ2v) is 3.08. The summed E-state index contributed by atoms with van der Waals surface area (Å²) in [6.07, 6.45) is 0.875. The van der Waals surface area contributed by atoms with Gasteiger partial charge in [0.1, 0.15) is 0 Å². The van der Waals surface area contributed by atoms with Gasteiger partial charge in [0, 0.05) is 29.8 Å². The van der Waals surface area contributed by atoms with Crippen LogP contribution >= 0.6 is 24.2 Å². The van der Waals surface area contributed by atoms with Gasteiger partial charge in [0.15, 0.2) is 0 Å². The van der Waals surface area contributed by atoms with Crippen LogP contribution in [0.2, 0.25) is 0 Å². The first-order chi connectivity index (χ1) is 6.65. The number of hydrogen-bond donors (Lipinski definition) is 3. The summed E-state index contributed by atoms with van der Waals surface area (Å²) >= 11 is 5.36. The Hall–Kier alpha value is -0.640. The lowest BCUT2D eigenvalue weighted by molar-refractivity contribution is 0.295. The van der Waals surface area contributed by atoms with Crippen LogP contribution in [0, 0.1) is 6.92 Å². The number of aryl methyl sites for hydroxylation is 1. The molecule has 0 radical (unpaired) electrons. The van der Waals surface area contributed by atoms with E-state index in [4.69, 9.17) is 22.6 Å². The Balaban J connectivity index is 0. The lowest BCUT2D eigenvalue weighted by Gasteiger charge is -2.01. The predicted octanol–water partition coefficient (Wildman–Crippen LogP) is 2.95. The van der Waals surface area contributed by atoms with Gasteiger partial charge in [0.2, 0.25) is 0 Å². The van der Waals surface area contributed by atoms with E-state index in [9.17, 15) is 0 Å². The van der Waals surface area contributed by atoms with Gasteiger partial charge in [-0.15, -0.1) is 12.4 Å². The van der Waals surface area contributed by atoms with Crippen molar-refractivity contribution in [1.82, 2.24) is 0 Å². The van der Waals surface area contributed by atoms with E-state index in [0.29, 0.717) is 6.61 Å². The molecule has 1 aromatic carbocycles. The van der Waals surface area contributed by atoms with Crippen LogP contribution in [-0.4, -0.2) is 11.7 Å². The van der Waals surface area contributed by atoms with Crippen molar-refractivity contribution in [3.05, 3.63) is 23.8 Å². The van der Waals surface area contributed by atoms with Crippen molar-refractivity contribution in [3.63, 3.8) is 0 Å². The molecule has 5 heteroatoms. The van der Waals surface area contributed by atoms with E-state index in [1.54, 1.807) is 0 Å². The SMILES string of the molecule is CCCO.Cc1cc(NCl)ccc1N.Cl. The average Bonchev–Trinajstić information content (AvgIpc) is 2.22. The van der Waals surface area contributed by atoms with E-state index in [0.717, 1.165) is 23.4 Å². The Bertz CT molecular complexity index is 268. The van der Waals surface area contributed by atoms with Crippen LogP contribution in [0.5, 0.6) is 0 Å². The van der Waals surface area contributed by atoms with E-state index < -0.39 is 0 Å². The molecule has 0 unspecified atom stereocenters. The third kappa shape index (κ3) is 7.31. The summed E-state index contributed by atoms with van der Waals surface area (Å²) in [6, 6.07) is 5.54. The quantitative estimate of drug-likeness (QED) is 0.561. The second kappa shape index (κ2) is 9.90. The molecule has 88 valence electrons. The summed E-state index contributed by atoms with van der Waals surface area (Å²) in [7, 11) is 0. The maximum absolute atomic E-state index is 7.88. The summed E-state index contributed by atoms with van der Waals surface area (Å²) in [5, 5.41) is 7.88. The number of nitrogen functional groups attached to an aromatic ring is 1. The standard InChI is InChI=1S/C7H9ClN2.C3H8O.ClH/c1-5-4-6(10-8)2-3-7(5)9;1-2-3-4;/h2-4,10H,9H2,1H3;4H,2-3H2,1H3;1H. The normalized spacial score (nSPS) is 8.27. The molecule has 0 aliphatic rings. The summed E-state index contributed by atoms with van der Waals surface area (Å²) in [6.45, 7) is 4.19. The third-order valence-electron chi connectivity index (χ3n) is 1.60. The molecular formula is C10H18Cl2N2O. The Labute approximate surface area is 102 Å². The van der Waals surface area contributed by atoms with E-state index >= 15 is 0 Å². The molecule has 0 saturated heterocycles. The first kappa shape index (κ1) is 16.8. The Kier molecular flexibility index (Phi) is 11.1. The highest BCUT2D eigenvalue weighted by Crippen LogP contribution is 2.16. The predicted molar refractivity (Wildman–Crippen MR) is 69.7 cm³/mol. The third-order valence-corrected chi connectivity index (χ3v) is 1.82. The second-order valence-electron chi connectivity index (χ2n) is 2.89. The number of hydrogen-bond acceptors (Lipinski definition) is 3. The Morgan fingerprint density at radius 2 is 2.00 bits per heavy atom. The number of nitrogens with one attached hydrogen (secondary N) is 1. The average molecular weight is 253 g/mol. The van der Waals surface area contributed by atoms with E-state index in [2.05, 4.69) is 4.84 Å². The van der Waals surface area contributed by atoms with Crippen LogP contribution in [0.3, 0.4) is 0 Å². The molecule has 0 atom stereocenters. The zero-order chi connectivity index (χ0) is 11.0. The van der Waals surface area contributed by atoms with Crippen LogP contribution in [-0.2, 0) is 0 Å². The van der Waals surface area contributed by atoms with Crippen LogP contribution in [0.4, 0.5) is 11.4 Å². The highest BCUT2D eigenvalue weighted by molar-refractivity contribution is 6.24. The molecule has 0 bridgehead atoms. The highest BCUT2D eigenvalue weighted by atomic mass is 35.5. The minimum atomic E-state index is 0. The Morgan fingerprint density at radius 3 is 2.33 bits per heavy atom. The summed E-state index contributed by atoms with van der Waals surface area (Å²) in [5.41, 5.74) is 8.26. The minimum Gasteiger partial charge on any atom is -0.399 e. The van der Waals surface area contributed by atoms with E-state index in [-0.39, 0.29) is 12.4 Å². The molecule has 3 nitrogen and oxygen atoms in total. The molecule has 0 fully saturated rings. The van der Waals surface area contributed by atoms with Gasteiger partial charge in [0.05, 0.1) is 0 Å². The Morgan fingerprint density at radius 1 is 1.47 bits per heavy atom. The van der Waals surface area contributed by atoms with Crippen molar-refractivity contribution in [1.29, 1.82) is 0 Å². The molecular weight excluding hydrogens is 235 g/mol. The molecule has 0 amide bonds. The molecule has 0 spiro atoms. The zero-order valence-electron chi connectivity index (χ0n) is 8.96. The monoisotopic (exact) mass is 252 g/mol. The maximum Gasteiger partial charge on any atom is 0.0495 e. The van der Waals surface area contributed by atoms with Crippen molar-refractivity contribution in [3.8, 4) is 0 Å². The van der Waals surface area contributed by atoms with Gasteiger partial charge >= 0.3 is 0 Å². The van der Waals surface area contributed by atoms with Gasteiger partial charge in [-0.3, -0.25) is 4.84 Å². The number of anilines is 2. The van der Waals surface area contributed by atoms with Crippen LogP contribution in [0.25, 0.3) is 0 Å². The van der Waals surface area contributed by atoms with Crippen molar-refractivity contribution in [2.45, 2.75) is 20.3 Å². The van der Waals surface area contributed by atoms with Gasteiger partial charge in [0.25, 0.3) is 0 Å². The maximum atomic E-state index is 7.88. The number of rotatable bonds is 2. The van der Waals surface area contributed by atoms with Crippen molar-refractivity contribution >= 4 is 35.6 Å². The number of nitrogens with two attached hydrogens (primary N) is 1. The molecule has 0 aliphatic carbocycles. The largest absolute Gasteiger partial charge is 0.399 e. The fourth-order valence-corrected chi connectivity index (χ4v) is 0.852. The van der Waals surface area contributed by atoms with Crippen molar-refractivity contribution in [2.75, 3.05) is 17.2 Å². The molecule has 0 heterocycles. The van der Waals surface area contributed by atoms with Gasteiger partial charge in [-0.25, -0.2) is 0 Å². The van der Waals surface area contributed by atoms with Crippen LogP contribution < -0.4 is 10.6 Å². The molecule has 4 N–H and O–H groups in total. The fourth-order valence-electron chi connectivity index (χ4n) is 0.734. The van der Waals surface area contributed by atoms with Crippen LogP contribution in [0.15, 0.2) is 18.2 Å². The molecule has 15 heavy (non-hydrogen) atoms. The molecule has 0 aromatic heterocycles. The molecule has 1 aromatic rings. The number of benzene rings is 1. The lowest BCUT2D eigenvalue weighted by Crippen LogP contribution is -1.89. The molecule has 1 rings (SSSR count). The smallest absolute Gasteiger partial charge is 0.0495 e. The molecule has 0 saturated carbocycles. The number of aliphatic hydroxyl groups excluding tert-OH is 1. The van der Waals surface area contributed by atoms with E-state index in [1.165, 1.54) is 0 Å². The first-order valence-corrected chi connectivity index (χ1v) is 4.87. The van der Waals surface area contributed by atoms with Crippen LogP contribution in [0.1, 0.15) is 18.9 Å². The summed E-state index contributed by atoms with van der Waals surface area (Å²) in [4.78, 5) is 2.51. The highest BCUT2D eigenvalue weighted by Gasteiger charge is 1.93. The fraction of sp³-hybridized carbons (Fsp3) is 0.400. The molecule has 0 aliphatic heterocycles. The number of halogens is 2. The zero-order valence-corrected chi connectivity index (χ0v) is 10.5. The minimum absolute atomic E-state index is 0. The lowest BCUT2D eigenvalue weighted by atomic mass is 10.2. The van der Waals surface area contributed by atoms with Gasteiger partial charge in [-0.05, 0) is 37.1 Å². The number of aliphatic hydroxyl groups is 1. The van der Waals surface area contributed by atoms with Gasteiger partial charge in [-0.1, -0.05) is 6.92 Å². The van der Waals surface area contributed by atoms with Gasteiger partial charge in [-0.2, -0.15) is 0 Å². The van der Waals surface area contributed by atoms with Gasteiger partial charge < -0.3 is 10.8 Å². The van der Waals surface area contributed by atoms with Crippen molar-refractivity contribution in [2.24, 2.45) is 0 Å².